The van der Waals surface area contributed by atoms with Crippen LogP contribution in [0, 0.1) is 0 Å². The maximum absolute atomic E-state index is 8.70. The average Bonchev–Trinajstić information content (AvgIpc) is 3.38. The van der Waals surface area contributed by atoms with E-state index in [4.69, 9.17) is 16.8 Å². The van der Waals surface area contributed by atoms with Gasteiger partial charge in [0.1, 0.15) is 5.82 Å². The third kappa shape index (κ3) is 3.52. The predicted molar refractivity (Wildman–Crippen MR) is 162 cm³/mol. The Bertz CT molecular complexity index is 2420. The first-order valence-electron chi connectivity index (χ1n) is 15.3. The molecule has 0 N–H and O–H groups in total. The van der Waals surface area contributed by atoms with Crippen molar-refractivity contribution >= 4 is 43.5 Å². The molecule has 39 heavy (non-hydrogen) atoms. The van der Waals surface area contributed by atoms with Gasteiger partial charge in [0.25, 0.3) is 0 Å². The summed E-state index contributed by atoms with van der Waals surface area (Å²) in [5.41, 5.74) is 4.42. The fraction of sp³-hybridized carbons (Fsp3) is 0. The number of aromatic nitrogens is 3. The van der Waals surface area contributed by atoms with E-state index in [2.05, 4.69) is 41.0 Å². The van der Waals surface area contributed by atoms with Gasteiger partial charge in [0, 0.05) is 21.7 Å². The van der Waals surface area contributed by atoms with Crippen molar-refractivity contribution < 1.29 is 6.85 Å². The highest BCUT2D eigenvalue weighted by molar-refractivity contribution is 6.14. The summed E-state index contributed by atoms with van der Waals surface area (Å²) in [4.78, 5) is 9.87. The fourth-order valence-corrected chi connectivity index (χ4v) is 5.45. The zero-order chi connectivity index (χ0) is 30.1. The van der Waals surface area contributed by atoms with Crippen LogP contribution in [0.2, 0.25) is 0 Å². The highest BCUT2D eigenvalue weighted by Crippen LogP contribution is 2.37. The van der Waals surface area contributed by atoms with Crippen LogP contribution in [0.1, 0.15) is 6.85 Å². The van der Waals surface area contributed by atoms with Gasteiger partial charge in [-0.2, -0.15) is 0 Å². The second-order valence-corrected chi connectivity index (χ2v) is 9.54. The van der Waals surface area contributed by atoms with Crippen molar-refractivity contribution in [2.45, 2.75) is 0 Å². The van der Waals surface area contributed by atoms with Crippen molar-refractivity contribution in [3.05, 3.63) is 139 Å². The van der Waals surface area contributed by atoms with Crippen molar-refractivity contribution in [2.75, 3.05) is 0 Å². The van der Waals surface area contributed by atoms with Crippen molar-refractivity contribution in [3.8, 4) is 28.3 Å². The molecule has 0 fully saturated rings. The molecule has 0 atom stereocenters. The third-order valence-electron chi connectivity index (χ3n) is 7.26. The fourth-order valence-electron chi connectivity index (χ4n) is 5.45. The lowest BCUT2D eigenvalue weighted by atomic mass is 10.0. The summed E-state index contributed by atoms with van der Waals surface area (Å²) < 4.78 is 44.2. The molecule has 0 unspecified atom stereocenters. The molecule has 3 heteroatoms. The lowest BCUT2D eigenvalue weighted by Gasteiger charge is -2.14. The maximum Gasteiger partial charge on any atom is 0.162 e. The lowest BCUT2D eigenvalue weighted by molar-refractivity contribution is 1.08. The number of nitrogens with zero attached hydrogens (tertiary/aromatic N) is 3. The number of fused-ring (bicyclic) bond motifs is 5. The Morgan fingerprint density at radius 2 is 1.26 bits per heavy atom. The zero-order valence-electron chi connectivity index (χ0n) is 25.7. The van der Waals surface area contributed by atoms with Crippen LogP contribution in [-0.4, -0.2) is 14.5 Å². The standard InChI is InChI=1S/C36H23N3/c1-3-11-24(12-4-1)28-19-20-30-32(22-28)37-35(25-13-5-2-6-14-25)38-36(30)39-33-18-10-9-17-29(33)31-21-26-15-7-8-16-27(26)23-34(31)39/h1-23H/i2D,5D,6D,13D,14D. The van der Waals surface area contributed by atoms with Crippen LogP contribution in [0.25, 0.3) is 71.8 Å². The molecule has 0 aliphatic carbocycles. The van der Waals surface area contributed by atoms with Crippen molar-refractivity contribution in [1.82, 2.24) is 14.5 Å². The van der Waals surface area contributed by atoms with Gasteiger partial charge in [-0.3, -0.25) is 4.57 Å². The van der Waals surface area contributed by atoms with E-state index < -0.39 is 18.1 Å². The summed E-state index contributed by atoms with van der Waals surface area (Å²) in [6.07, 6.45) is 0. The first-order valence-corrected chi connectivity index (χ1v) is 12.8. The highest BCUT2D eigenvalue weighted by atomic mass is 15.1. The van der Waals surface area contributed by atoms with Crippen LogP contribution < -0.4 is 0 Å². The monoisotopic (exact) mass is 502 g/mol. The van der Waals surface area contributed by atoms with Crippen LogP contribution in [0.5, 0.6) is 0 Å². The summed E-state index contributed by atoms with van der Waals surface area (Å²) in [5.74, 6) is 0.638. The molecule has 2 aromatic heterocycles. The molecule has 2 heterocycles. The quantitative estimate of drug-likeness (QED) is 0.241. The summed E-state index contributed by atoms with van der Waals surface area (Å²) in [5, 5.41) is 5.11. The Morgan fingerprint density at radius 3 is 2.10 bits per heavy atom. The largest absolute Gasteiger partial charge is 0.293 e. The minimum Gasteiger partial charge on any atom is -0.293 e. The molecule has 6 aromatic carbocycles. The second kappa shape index (κ2) is 8.64. The smallest absolute Gasteiger partial charge is 0.162 e. The molecule has 8 aromatic rings. The topological polar surface area (TPSA) is 30.7 Å². The predicted octanol–water partition coefficient (Wildman–Crippen LogP) is 9.21. The van der Waals surface area contributed by atoms with Gasteiger partial charge < -0.3 is 0 Å². The molecular formula is C36H23N3. The van der Waals surface area contributed by atoms with Gasteiger partial charge in [-0.25, -0.2) is 9.97 Å². The molecule has 182 valence electrons. The number of benzene rings is 6. The van der Waals surface area contributed by atoms with E-state index in [0.29, 0.717) is 11.3 Å². The maximum atomic E-state index is 8.70. The van der Waals surface area contributed by atoms with Gasteiger partial charge in [-0.15, -0.1) is 0 Å². The molecule has 0 aliphatic rings. The van der Waals surface area contributed by atoms with Gasteiger partial charge in [0.15, 0.2) is 5.82 Å². The number of hydrogen-bond donors (Lipinski definition) is 0. The Kier molecular flexibility index (Phi) is 3.83. The van der Waals surface area contributed by atoms with Gasteiger partial charge in [0.05, 0.1) is 23.4 Å². The van der Waals surface area contributed by atoms with Crippen molar-refractivity contribution in [2.24, 2.45) is 0 Å². The summed E-state index contributed by atoms with van der Waals surface area (Å²) >= 11 is 0. The van der Waals surface area contributed by atoms with Crippen LogP contribution in [0.15, 0.2) is 139 Å². The van der Waals surface area contributed by atoms with Crippen LogP contribution in [-0.2, 0) is 0 Å². The molecule has 0 saturated heterocycles. The van der Waals surface area contributed by atoms with Crippen LogP contribution in [0.4, 0.5) is 0 Å². The van der Waals surface area contributed by atoms with E-state index in [0.717, 1.165) is 49.1 Å². The Hall–Kier alpha value is -5.28. The van der Waals surface area contributed by atoms with Crippen LogP contribution in [0.3, 0.4) is 0 Å². The number of rotatable bonds is 3. The zero-order valence-corrected chi connectivity index (χ0v) is 20.7. The van der Waals surface area contributed by atoms with Crippen LogP contribution >= 0.6 is 0 Å². The molecule has 8 rings (SSSR count). The molecule has 0 aliphatic heterocycles. The van der Waals surface area contributed by atoms with Gasteiger partial charge in [0.2, 0.25) is 0 Å². The van der Waals surface area contributed by atoms with Gasteiger partial charge in [-0.05, 0) is 52.2 Å². The van der Waals surface area contributed by atoms with E-state index in [1.807, 2.05) is 72.8 Å². The van der Waals surface area contributed by atoms with Gasteiger partial charge >= 0.3 is 0 Å². The average molecular weight is 503 g/mol. The molecule has 0 saturated carbocycles. The molecular weight excluding hydrogens is 474 g/mol. The number of hydrogen-bond acceptors (Lipinski definition) is 2. The molecule has 0 bridgehead atoms. The third-order valence-corrected chi connectivity index (χ3v) is 7.26. The Morgan fingerprint density at radius 1 is 0.513 bits per heavy atom. The molecule has 0 spiro atoms. The van der Waals surface area contributed by atoms with Crippen molar-refractivity contribution in [3.63, 3.8) is 0 Å². The molecule has 0 amide bonds. The minimum atomic E-state index is -0.453. The normalized spacial score (nSPS) is 13.4. The molecule has 0 radical (unpaired) electrons. The van der Waals surface area contributed by atoms with Gasteiger partial charge in [-0.1, -0.05) is 109 Å². The Labute approximate surface area is 232 Å². The SMILES string of the molecule is [2H]c1c([2H])c([2H])c(-c2nc(-n3c4ccccc4c4cc5ccccc5cc43)c3ccc(-c4ccccc4)cc3n2)c([2H])c1[2H]. The first-order chi connectivity index (χ1) is 21.4. The van der Waals surface area contributed by atoms with E-state index in [1.54, 1.807) is 0 Å². The minimum absolute atomic E-state index is 0.0320. The highest BCUT2D eigenvalue weighted by Gasteiger charge is 2.18. The number of para-hydroxylation sites is 1. The Balaban J connectivity index is 1.53. The van der Waals surface area contributed by atoms with E-state index >= 15 is 0 Å². The summed E-state index contributed by atoms with van der Waals surface area (Å²) in [6, 6.07) is 34.7. The first kappa shape index (κ1) is 17.3. The summed E-state index contributed by atoms with van der Waals surface area (Å²) in [7, 11) is 0. The van der Waals surface area contributed by atoms with E-state index in [-0.39, 0.29) is 23.5 Å². The van der Waals surface area contributed by atoms with E-state index in [1.165, 1.54) is 0 Å². The second-order valence-electron chi connectivity index (χ2n) is 9.54. The van der Waals surface area contributed by atoms with E-state index in [9.17, 15) is 0 Å². The van der Waals surface area contributed by atoms with Crippen molar-refractivity contribution in [1.29, 1.82) is 0 Å². The summed E-state index contributed by atoms with van der Waals surface area (Å²) in [6.45, 7) is 0. The lowest BCUT2D eigenvalue weighted by Crippen LogP contribution is -2.03. The molecule has 3 nitrogen and oxygen atoms in total.